The number of benzene rings is 1. The standard InChI is InChI=1S/C21H30N4O4.HI/c1-5-22-20(25-14-21(3,27)18-10-9-15(2)29-18)24-12-11-23-19(26)16-7-6-8-17(13-16)28-4;/h6-10,13,27H,5,11-12,14H2,1-4H3,(H,23,26)(H2,22,24,25);1H. The Morgan fingerprint density at radius 3 is 2.57 bits per heavy atom. The number of aliphatic imine (C=N–C) groups is 1. The number of ether oxygens (including phenoxy) is 1. The van der Waals surface area contributed by atoms with Gasteiger partial charge in [0, 0.05) is 25.2 Å². The van der Waals surface area contributed by atoms with Gasteiger partial charge in [0.25, 0.3) is 5.91 Å². The molecule has 1 aromatic carbocycles. The maximum absolute atomic E-state index is 12.2. The lowest BCUT2D eigenvalue weighted by Crippen LogP contribution is -2.42. The molecule has 1 amide bonds. The molecule has 0 aliphatic rings. The fourth-order valence-corrected chi connectivity index (χ4v) is 2.60. The van der Waals surface area contributed by atoms with Crippen LogP contribution in [-0.4, -0.2) is 50.3 Å². The van der Waals surface area contributed by atoms with Gasteiger partial charge in [-0.05, 0) is 51.1 Å². The number of furan rings is 1. The van der Waals surface area contributed by atoms with Gasteiger partial charge in [0.15, 0.2) is 5.96 Å². The predicted octanol–water partition coefficient (Wildman–Crippen LogP) is 2.41. The van der Waals surface area contributed by atoms with Crippen LogP contribution in [0.5, 0.6) is 5.75 Å². The van der Waals surface area contributed by atoms with E-state index in [1.807, 2.05) is 19.9 Å². The zero-order valence-corrected chi connectivity index (χ0v) is 20.2. The van der Waals surface area contributed by atoms with Gasteiger partial charge in [-0.15, -0.1) is 24.0 Å². The average molecular weight is 530 g/mol. The molecule has 2 aromatic rings. The highest BCUT2D eigenvalue weighted by Gasteiger charge is 2.26. The minimum Gasteiger partial charge on any atom is -0.497 e. The van der Waals surface area contributed by atoms with Gasteiger partial charge in [-0.2, -0.15) is 0 Å². The van der Waals surface area contributed by atoms with Gasteiger partial charge in [0.2, 0.25) is 0 Å². The number of halogens is 1. The number of amides is 1. The van der Waals surface area contributed by atoms with E-state index >= 15 is 0 Å². The highest BCUT2D eigenvalue weighted by molar-refractivity contribution is 14.0. The minimum absolute atomic E-state index is 0. The molecule has 0 aliphatic heterocycles. The number of carbonyl (C=O) groups is 1. The summed E-state index contributed by atoms with van der Waals surface area (Å²) in [5.41, 5.74) is -0.674. The molecule has 2 rings (SSSR count). The van der Waals surface area contributed by atoms with Crippen LogP contribution in [0.2, 0.25) is 0 Å². The molecule has 166 valence electrons. The van der Waals surface area contributed by atoms with E-state index in [0.29, 0.717) is 42.7 Å². The van der Waals surface area contributed by atoms with Crippen LogP contribution in [-0.2, 0) is 5.60 Å². The van der Waals surface area contributed by atoms with Crippen molar-refractivity contribution < 1.29 is 19.1 Å². The van der Waals surface area contributed by atoms with Crippen LogP contribution >= 0.6 is 24.0 Å². The van der Waals surface area contributed by atoms with Crippen molar-refractivity contribution in [1.29, 1.82) is 0 Å². The van der Waals surface area contributed by atoms with Crippen LogP contribution < -0.4 is 20.7 Å². The number of hydrogen-bond donors (Lipinski definition) is 4. The largest absolute Gasteiger partial charge is 0.497 e. The Bertz CT molecular complexity index is 836. The molecule has 0 fully saturated rings. The Labute approximate surface area is 194 Å². The highest BCUT2D eigenvalue weighted by Crippen LogP contribution is 2.23. The van der Waals surface area contributed by atoms with Gasteiger partial charge in [0.1, 0.15) is 22.9 Å². The van der Waals surface area contributed by atoms with E-state index in [0.717, 1.165) is 5.76 Å². The number of methoxy groups -OCH3 is 1. The Hall–Kier alpha value is -2.27. The molecule has 30 heavy (non-hydrogen) atoms. The molecule has 0 saturated carbocycles. The molecule has 4 N–H and O–H groups in total. The topological polar surface area (TPSA) is 108 Å². The molecule has 1 aromatic heterocycles. The molecule has 0 aliphatic carbocycles. The normalized spacial score (nSPS) is 13.0. The van der Waals surface area contributed by atoms with Crippen LogP contribution in [0, 0.1) is 6.92 Å². The maximum Gasteiger partial charge on any atom is 0.251 e. The summed E-state index contributed by atoms with van der Waals surface area (Å²) in [7, 11) is 1.56. The number of rotatable bonds is 9. The number of nitrogens with one attached hydrogen (secondary N) is 3. The predicted molar refractivity (Wildman–Crippen MR) is 128 cm³/mol. The number of carbonyl (C=O) groups excluding carboxylic acids is 1. The fraction of sp³-hybridized carbons (Fsp3) is 0.429. The second-order valence-corrected chi connectivity index (χ2v) is 6.79. The van der Waals surface area contributed by atoms with Crippen LogP contribution in [0.15, 0.2) is 45.8 Å². The molecule has 0 bridgehead atoms. The van der Waals surface area contributed by atoms with Gasteiger partial charge in [-0.1, -0.05) is 6.07 Å². The van der Waals surface area contributed by atoms with E-state index in [-0.39, 0.29) is 36.4 Å². The average Bonchev–Trinajstić information content (AvgIpc) is 3.16. The highest BCUT2D eigenvalue weighted by atomic mass is 127. The Morgan fingerprint density at radius 2 is 1.93 bits per heavy atom. The van der Waals surface area contributed by atoms with Gasteiger partial charge >= 0.3 is 0 Å². The molecule has 1 unspecified atom stereocenters. The Balaban J connectivity index is 0.00000450. The zero-order valence-electron chi connectivity index (χ0n) is 17.8. The lowest BCUT2D eigenvalue weighted by molar-refractivity contribution is 0.0428. The third-order valence-electron chi connectivity index (χ3n) is 4.20. The van der Waals surface area contributed by atoms with Crippen molar-refractivity contribution >= 4 is 35.8 Å². The quantitative estimate of drug-likeness (QED) is 0.172. The maximum atomic E-state index is 12.2. The van der Waals surface area contributed by atoms with Crippen molar-refractivity contribution in [2.75, 3.05) is 33.3 Å². The van der Waals surface area contributed by atoms with E-state index < -0.39 is 5.60 Å². The summed E-state index contributed by atoms with van der Waals surface area (Å²) in [6.45, 7) is 7.13. The smallest absolute Gasteiger partial charge is 0.251 e. The molecule has 0 radical (unpaired) electrons. The fourth-order valence-electron chi connectivity index (χ4n) is 2.60. The molecule has 1 atom stereocenters. The molecule has 8 nitrogen and oxygen atoms in total. The second kappa shape index (κ2) is 12.4. The summed E-state index contributed by atoms with van der Waals surface area (Å²) < 4.78 is 10.6. The van der Waals surface area contributed by atoms with Crippen molar-refractivity contribution in [1.82, 2.24) is 16.0 Å². The van der Waals surface area contributed by atoms with Crippen molar-refractivity contribution in [2.24, 2.45) is 4.99 Å². The Kier molecular flexibility index (Phi) is 10.7. The first kappa shape index (κ1) is 25.8. The summed E-state index contributed by atoms with van der Waals surface area (Å²) in [6.07, 6.45) is 0. The molecule has 1 heterocycles. The van der Waals surface area contributed by atoms with E-state index in [9.17, 15) is 9.90 Å². The third-order valence-corrected chi connectivity index (χ3v) is 4.20. The number of nitrogens with zero attached hydrogens (tertiary/aromatic N) is 1. The lowest BCUT2D eigenvalue weighted by atomic mass is 10.0. The second-order valence-electron chi connectivity index (χ2n) is 6.79. The first-order valence-corrected chi connectivity index (χ1v) is 9.59. The lowest BCUT2D eigenvalue weighted by Gasteiger charge is -2.19. The van der Waals surface area contributed by atoms with Crippen molar-refractivity contribution in [3.05, 3.63) is 53.5 Å². The SMILES string of the molecule is CCNC(=NCC(C)(O)c1ccc(C)o1)NCCNC(=O)c1cccc(OC)c1.I. The summed E-state index contributed by atoms with van der Waals surface area (Å²) in [6, 6.07) is 10.5. The summed E-state index contributed by atoms with van der Waals surface area (Å²) in [5.74, 6) is 2.22. The van der Waals surface area contributed by atoms with E-state index in [2.05, 4.69) is 20.9 Å². The van der Waals surface area contributed by atoms with Crippen LogP contribution in [0.1, 0.15) is 35.7 Å². The van der Waals surface area contributed by atoms with Crippen LogP contribution in [0.4, 0.5) is 0 Å². The van der Waals surface area contributed by atoms with E-state index in [4.69, 9.17) is 9.15 Å². The first-order chi connectivity index (χ1) is 13.9. The van der Waals surface area contributed by atoms with Gasteiger partial charge in [-0.25, -0.2) is 4.99 Å². The molecule has 0 saturated heterocycles. The van der Waals surface area contributed by atoms with Crippen LogP contribution in [0.25, 0.3) is 0 Å². The summed E-state index contributed by atoms with van der Waals surface area (Å²) in [4.78, 5) is 16.6. The molecule has 0 spiro atoms. The van der Waals surface area contributed by atoms with Crippen molar-refractivity contribution in [3.63, 3.8) is 0 Å². The van der Waals surface area contributed by atoms with E-state index in [1.54, 1.807) is 44.4 Å². The van der Waals surface area contributed by atoms with Crippen LogP contribution in [0.3, 0.4) is 0 Å². The third kappa shape index (κ3) is 7.86. The van der Waals surface area contributed by atoms with Gasteiger partial charge in [0.05, 0.1) is 13.7 Å². The van der Waals surface area contributed by atoms with Gasteiger partial charge in [-0.3, -0.25) is 4.79 Å². The van der Waals surface area contributed by atoms with Crippen molar-refractivity contribution in [2.45, 2.75) is 26.4 Å². The monoisotopic (exact) mass is 530 g/mol. The first-order valence-electron chi connectivity index (χ1n) is 9.59. The van der Waals surface area contributed by atoms with E-state index in [1.165, 1.54) is 0 Å². The number of aliphatic hydroxyl groups is 1. The van der Waals surface area contributed by atoms with Gasteiger partial charge < -0.3 is 30.2 Å². The number of guanidine groups is 1. The molecular formula is C21H31IN4O4. The minimum atomic E-state index is -1.21. The summed E-state index contributed by atoms with van der Waals surface area (Å²) >= 11 is 0. The number of aryl methyl sites for hydroxylation is 1. The number of hydrogen-bond acceptors (Lipinski definition) is 5. The summed E-state index contributed by atoms with van der Waals surface area (Å²) in [5, 5.41) is 19.7. The molecular weight excluding hydrogens is 499 g/mol. The van der Waals surface area contributed by atoms with Crippen molar-refractivity contribution in [3.8, 4) is 5.75 Å². The Morgan fingerprint density at radius 1 is 1.20 bits per heavy atom. The zero-order chi connectivity index (χ0) is 21.3. The molecule has 9 heteroatoms.